The van der Waals surface area contributed by atoms with Crippen molar-refractivity contribution in [3.63, 3.8) is 0 Å². The van der Waals surface area contributed by atoms with Crippen molar-refractivity contribution < 1.29 is 33.4 Å². The van der Waals surface area contributed by atoms with Crippen LogP contribution < -0.4 is 15.4 Å². The molecule has 3 aliphatic rings. The highest BCUT2D eigenvalue weighted by molar-refractivity contribution is 6.07. The van der Waals surface area contributed by atoms with Gasteiger partial charge in [0.05, 0.1) is 49.2 Å². The molecule has 0 radical (unpaired) electrons. The van der Waals surface area contributed by atoms with E-state index in [0.29, 0.717) is 24.8 Å². The van der Waals surface area contributed by atoms with Crippen molar-refractivity contribution in [3.8, 4) is 28.1 Å². The standard InChI is InChI=1S/C38H40N8O7/c1-20-6-11-30(46(20)33(48)18-41-38(50)52-3)36-42-27-10-8-21-14-26-24-9-7-22(13-23(24)19-53-31(26)15-25(21)34(27)44-36)28-16-39-35(43-28)29-5-4-12-45(29)32(47)17-40-37(49)51-2/h7-10,13-16,20,29-30H,4-6,11-12,17-19H2,1-3H3,(H,39,43)(H,40,49)(H,41,50)(H,42,44)/t20-,29-,30-/m0/s1. The van der Waals surface area contributed by atoms with E-state index in [2.05, 4.69) is 65.4 Å². The second kappa shape index (κ2) is 13.8. The number of likely N-dealkylation sites (tertiary alicyclic amines) is 2. The predicted octanol–water partition coefficient (Wildman–Crippen LogP) is 5.09. The Morgan fingerprint density at radius 2 is 1.68 bits per heavy atom. The van der Waals surface area contributed by atoms with Crippen LogP contribution in [0.15, 0.2) is 48.7 Å². The average Bonchev–Trinajstić information content (AvgIpc) is 4.00. The summed E-state index contributed by atoms with van der Waals surface area (Å²) in [5, 5.41) is 6.93. The van der Waals surface area contributed by atoms with Gasteiger partial charge in [-0.15, -0.1) is 0 Å². The molecule has 5 aromatic rings. The summed E-state index contributed by atoms with van der Waals surface area (Å²) >= 11 is 0. The van der Waals surface area contributed by atoms with E-state index in [9.17, 15) is 19.2 Å². The Morgan fingerprint density at radius 1 is 0.887 bits per heavy atom. The van der Waals surface area contributed by atoms with Gasteiger partial charge in [0.1, 0.15) is 37.1 Å². The van der Waals surface area contributed by atoms with Crippen LogP contribution in [-0.2, 0) is 25.7 Å². The van der Waals surface area contributed by atoms with Crippen molar-refractivity contribution in [2.75, 3.05) is 33.9 Å². The number of nitrogens with one attached hydrogen (secondary N) is 4. The minimum atomic E-state index is -0.645. The monoisotopic (exact) mass is 720 g/mol. The number of hydrogen-bond acceptors (Lipinski definition) is 9. The number of aromatic nitrogens is 4. The molecule has 8 rings (SSSR count). The van der Waals surface area contributed by atoms with Crippen LogP contribution in [0.25, 0.3) is 44.2 Å². The minimum absolute atomic E-state index is 0.00437. The number of nitrogens with zero attached hydrogens (tertiary/aromatic N) is 4. The van der Waals surface area contributed by atoms with Gasteiger partial charge in [-0.05, 0) is 78.9 Å². The summed E-state index contributed by atoms with van der Waals surface area (Å²) in [4.78, 5) is 69.2. The van der Waals surface area contributed by atoms with Gasteiger partial charge >= 0.3 is 12.2 Å². The number of rotatable bonds is 7. The van der Waals surface area contributed by atoms with Crippen LogP contribution in [0.5, 0.6) is 5.75 Å². The molecule has 3 aliphatic heterocycles. The fraction of sp³-hybridized carbons (Fsp3) is 0.368. The summed E-state index contributed by atoms with van der Waals surface area (Å²) in [7, 11) is 2.53. The molecule has 2 aromatic heterocycles. The van der Waals surface area contributed by atoms with E-state index in [1.165, 1.54) is 14.2 Å². The molecule has 15 heteroatoms. The van der Waals surface area contributed by atoms with E-state index >= 15 is 0 Å². The molecule has 3 aromatic carbocycles. The molecule has 2 fully saturated rings. The lowest BCUT2D eigenvalue weighted by Gasteiger charge is -2.27. The molecule has 5 heterocycles. The number of methoxy groups -OCH3 is 2. The lowest BCUT2D eigenvalue weighted by molar-refractivity contribution is -0.133. The number of ether oxygens (including phenoxy) is 3. The van der Waals surface area contributed by atoms with Crippen LogP contribution in [0.2, 0.25) is 0 Å². The van der Waals surface area contributed by atoms with Crippen molar-refractivity contribution in [3.05, 3.63) is 65.9 Å². The molecule has 2 saturated heterocycles. The van der Waals surface area contributed by atoms with Crippen molar-refractivity contribution in [1.29, 1.82) is 0 Å². The molecule has 0 unspecified atom stereocenters. The van der Waals surface area contributed by atoms with E-state index in [4.69, 9.17) is 9.72 Å². The van der Waals surface area contributed by atoms with Crippen LogP contribution in [-0.4, -0.2) is 93.6 Å². The maximum absolute atomic E-state index is 13.2. The second-order valence-corrected chi connectivity index (χ2v) is 13.7. The molecule has 3 atom stereocenters. The van der Waals surface area contributed by atoms with Crippen LogP contribution in [0.3, 0.4) is 0 Å². The molecule has 0 spiro atoms. The van der Waals surface area contributed by atoms with Crippen molar-refractivity contribution in [2.24, 2.45) is 0 Å². The van der Waals surface area contributed by atoms with Crippen molar-refractivity contribution in [2.45, 2.75) is 57.3 Å². The first kappa shape index (κ1) is 34.0. The zero-order chi connectivity index (χ0) is 36.8. The molecule has 0 saturated carbocycles. The summed E-state index contributed by atoms with van der Waals surface area (Å²) < 4.78 is 15.6. The highest BCUT2D eigenvalue weighted by Gasteiger charge is 2.37. The molecular formula is C38H40N8O7. The molecule has 4 amide bonds. The molecule has 274 valence electrons. The molecule has 0 aliphatic carbocycles. The number of H-pyrrole nitrogens is 2. The highest BCUT2D eigenvalue weighted by Crippen LogP contribution is 2.43. The third kappa shape index (κ3) is 6.25. The van der Waals surface area contributed by atoms with Gasteiger partial charge in [-0.25, -0.2) is 19.6 Å². The molecule has 4 N–H and O–H groups in total. The lowest BCUT2D eigenvalue weighted by Crippen LogP contribution is -2.43. The van der Waals surface area contributed by atoms with Crippen molar-refractivity contribution in [1.82, 2.24) is 40.4 Å². The Hall–Kier alpha value is -6.12. The number of imidazole rings is 2. The normalized spacial score (nSPS) is 19.1. The topological polar surface area (TPSA) is 184 Å². The average molecular weight is 721 g/mol. The van der Waals surface area contributed by atoms with Gasteiger partial charge in [0.15, 0.2) is 0 Å². The van der Waals surface area contributed by atoms with E-state index in [0.717, 1.165) is 81.2 Å². The van der Waals surface area contributed by atoms with Gasteiger partial charge in [-0.3, -0.25) is 9.59 Å². The summed E-state index contributed by atoms with van der Waals surface area (Å²) in [6, 6.07) is 14.1. The van der Waals surface area contributed by atoms with Gasteiger partial charge in [0, 0.05) is 23.5 Å². The van der Waals surface area contributed by atoms with Crippen LogP contribution >= 0.6 is 0 Å². The smallest absolute Gasteiger partial charge is 0.407 e. The first-order valence-corrected chi connectivity index (χ1v) is 17.7. The van der Waals surface area contributed by atoms with Gasteiger partial charge in [0.2, 0.25) is 11.8 Å². The Kier molecular flexibility index (Phi) is 8.84. The molecular weight excluding hydrogens is 680 g/mol. The number of amides is 4. The maximum Gasteiger partial charge on any atom is 0.407 e. The Bertz CT molecular complexity index is 2260. The molecule has 0 bridgehead atoms. The van der Waals surface area contributed by atoms with Gasteiger partial charge in [-0.1, -0.05) is 18.2 Å². The summed E-state index contributed by atoms with van der Waals surface area (Å²) in [5.74, 6) is 1.82. The number of hydrogen-bond donors (Lipinski definition) is 4. The first-order chi connectivity index (χ1) is 25.7. The fourth-order valence-electron chi connectivity index (χ4n) is 7.94. The van der Waals surface area contributed by atoms with Crippen LogP contribution in [0.4, 0.5) is 9.59 Å². The van der Waals surface area contributed by atoms with Crippen LogP contribution in [0, 0.1) is 0 Å². The number of carbonyl (C=O) groups excluding carboxylic acids is 4. The summed E-state index contributed by atoms with van der Waals surface area (Å²) in [5.41, 5.74) is 6.59. The SMILES string of the molecule is COC(=O)NCC(=O)N1CCC[C@H]1c1ncc(-c2ccc3c(c2)COc2cc4c(ccc5[nH]c([C@@H]6CC[C@H](C)N6C(=O)CNC(=O)OC)nc54)cc2-3)[nH]1. The fourth-order valence-corrected chi connectivity index (χ4v) is 7.94. The third-order valence-electron chi connectivity index (χ3n) is 10.6. The molecule has 15 nitrogen and oxygen atoms in total. The number of aromatic amines is 2. The van der Waals surface area contributed by atoms with E-state index in [-0.39, 0.29) is 43.0 Å². The Morgan fingerprint density at radius 3 is 2.47 bits per heavy atom. The minimum Gasteiger partial charge on any atom is -0.488 e. The summed E-state index contributed by atoms with van der Waals surface area (Å²) in [6.45, 7) is 2.71. The number of alkyl carbamates (subject to hydrolysis) is 2. The van der Waals surface area contributed by atoms with Gasteiger partial charge in [-0.2, -0.15) is 0 Å². The first-order valence-electron chi connectivity index (χ1n) is 17.7. The molecule has 53 heavy (non-hydrogen) atoms. The third-order valence-corrected chi connectivity index (χ3v) is 10.6. The van der Waals surface area contributed by atoms with Gasteiger partial charge < -0.3 is 44.6 Å². The summed E-state index contributed by atoms with van der Waals surface area (Å²) in [6.07, 6.45) is 3.71. The number of carbonyl (C=O) groups is 4. The number of benzene rings is 3. The Labute approximate surface area is 304 Å². The van der Waals surface area contributed by atoms with E-state index in [1.807, 2.05) is 19.1 Å². The predicted molar refractivity (Wildman–Crippen MR) is 194 cm³/mol. The highest BCUT2D eigenvalue weighted by atomic mass is 16.5. The van der Waals surface area contributed by atoms with Gasteiger partial charge in [0.25, 0.3) is 0 Å². The van der Waals surface area contributed by atoms with E-state index < -0.39 is 12.2 Å². The zero-order valence-electron chi connectivity index (χ0n) is 29.7. The zero-order valence-corrected chi connectivity index (χ0v) is 29.7. The largest absolute Gasteiger partial charge is 0.488 e. The Balaban J connectivity index is 1.03. The quantitative estimate of drug-likeness (QED) is 0.178. The second-order valence-electron chi connectivity index (χ2n) is 13.7. The lowest BCUT2D eigenvalue weighted by atomic mass is 9.92. The van der Waals surface area contributed by atoms with Crippen molar-refractivity contribution >= 4 is 45.8 Å². The van der Waals surface area contributed by atoms with Crippen LogP contribution in [0.1, 0.15) is 61.9 Å². The number of fused-ring (bicyclic) bond motifs is 6. The van der Waals surface area contributed by atoms with E-state index in [1.54, 1.807) is 16.0 Å². The maximum atomic E-state index is 13.2.